The molecule has 0 saturated heterocycles. The Hall–Kier alpha value is -1.07. The number of benzene rings is 1. The molecule has 0 spiro atoms. The average Bonchev–Trinajstić information content (AvgIpc) is 2.26. The number of ether oxygens (including phenoxy) is 1. The molecule has 15 heavy (non-hydrogen) atoms. The van der Waals surface area contributed by atoms with Gasteiger partial charge < -0.3 is 9.84 Å². The maximum atomic E-state index is 10.7. The molecule has 0 aromatic heterocycles. The second-order valence-electron chi connectivity index (χ2n) is 3.21. The van der Waals surface area contributed by atoms with Gasteiger partial charge in [-0.3, -0.25) is 0 Å². The fraction of sp³-hybridized carbons (Fsp3) is 0.400. The molecule has 0 heterocycles. The second kappa shape index (κ2) is 5.14. The van der Waals surface area contributed by atoms with E-state index in [1.165, 1.54) is 14.0 Å². The maximum absolute atomic E-state index is 10.7. The lowest BCUT2D eigenvalue weighted by atomic mass is 10.1. The number of rotatable bonds is 4. The third kappa shape index (κ3) is 2.70. The van der Waals surface area contributed by atoms with Gasteiger partial charge in [0.2, 0.25) is 0 Å². The van der Waals surface area contributed by atoms with E-state index >= 15 is 0 Å². The van der Waals surface area contributed by atoms with Crippen LogP contribution in [-0.2, 0) is 10.7 Å². The number of hydrogen-bond donors (Lipinski definition) is 2. The lowest BCUT2D eigenvalue weighted by molar-refractivity contribution is 0.172. The third-order valence-corrected chi connectivity index (χ3v) is 3.19. The van der Waals surface area contributed by atoms with Gasteiger partial charge in [0.15, 0.2) is 0 Å². The van der Waals surface area contributed by atoms with Gasteiger partial charge in [-0.05, 0) is 13.0 Å². The van der Waals surface area contributed by atoms with Crippen LogP contribution in [0.3, 0.4) is 0 Å². The minimum atomic E-state index is -2.65. The Morgan fingerprint density at radius 2 is 1.93 bits per heavy atom. The Kier molecular flexibility index (Phi) is 4.11. The van der Waals surface area contributed by atoms with Crippen LogP contribution in [0.25, 0.3) is 0 Å². The summed E-state index contributed by atoms with van der Waals surface area (Å²) in [5.41, 5.74) is 0.492. The Labute approximate surface area is 90.5 Å². The van der Waals surface area contributed by atoms with Crippen molar-refractivity contribution in [2.75, 3.05) is 7.11 Å². The van der Waals surface area contributed by atoms with Crippen LogP contribution in [0.5, 0.6) is 5.75 Å². The third-order valence-electron chi connectivity index (χ3n) is 2.25. The number of para-hydroxylation sites is 1. The summed E-state index contributed by atoms with van der Waals surface area (Å²) in [7, 11) is -1.17. The van der Waals surface area contributed by atoms with Gasteiger partial charge in [0.1, 0.15) is 16.5 Å². The number of thiol groups is 1. The van der Waals surface area contributed by atoms with E-state index in [1.807, 2.05) is 0 Å². The lowest BCUT2D eigenvalue weighted by Crippen LogP contribution is -2.17. The molecule has 1 aromatic rings. The maximum Gasteiger partial charge on any atom is 0.145 e. The zero-order valence-electron chi connectivity index (χ0n) is 8.58. The highest BCUT2D eigenvalue weighted by Crippen LogP contribution is 2.27. The van der Waals surface area contributed by atoms with Crippen LogP contribution in [0.15, 0.2) is 24.3 Å². The van der Waals surface area contributed by atoms with Crippen molar-refractivity contribution >= 4 is 10.7 Å². The predicted molar refractivity (Wildman–Crippen MR) is 57.7 cm³/mol. The number of aliphatic hydroxyl groups excluding tert-OH is 1. The summed E-state index contributed by atoms with van der Waals surface area (Å²) in [6, 6.07) is 6.82. The molecule has 0 saturated carbocycles. The van der Waals surface area contributed by atoms with Crippen molar-refractivity contribution < 1.29 is 18.3 Å². The minimum absolute atomic E-state index is 0.492. The Morgan fingerprint density at radius 3 is 2.47 bits per heavy atom. The molecule has 0 unspecified atom stereocenters. The van der Waals surface area contributed by atoms with Gasteiger partial charge in [-0.2, -0.15) is 0 Å². The molecule has 1 rings (SSSR count). The van der Waals surface area contributed by atoms with Crippen molar-refractivity contribution in [1.82, 2.24) is 0 Å². The van der Waals surface area contributed by atoms with Crippen LogP contribution >= 0.6 is 0 Å². The molecule has 0 bridgehead atoms. The normalized spacial score (nSPS) is 14.9. The van der Waals surface area contributed by atoms with E-state index in [9.17, 15) is 13.5 Å². The van der Waals surface area contributed by atoms with Crippen LogP contribution in [0.4, 0.5) is 0 Å². The van der Waals surface area contributed by atoms with Crippen LogP contribution < -0.4 is 4.74 Å². The molecule has 0 amide bonds. The van der Waals surface area contributed by atoms with E-state index in [2.05, 4.69) is 0 Å². The zero-order chi connectivity index (χ0) is 11.4. The highest BCUT2D eigenvalue weighted by atomic mass is 32.2. The molecule has 0 aliphatic rings. The molecule has 0 aliphatic carbocycles. The van der Waals surface area contributed by atoms with Gasteiger partial charge in [0, 0.05) is 5.56 Å². The van der Waals surface area contributed by atoms with Crippen molar-refractivity contribution in [3.05, 3.63) is 29.8 Å². The first-order valence-corrected chi connectivity index (χ1v) is 5.77. The van der Waals surface area contributed by atoms with Crippen LogP contribution in [-0.4, -0.2) is 25.9 Å². The summed E-state index contributed by atoms with van der Waals surface area (Å²) >= 11 is 0. The van der Waals surface area contributed by atoms with E-state index in [-0.39, 0.29) is 0 Å². The lowest BCUT2D eigenvalue weighted by Gasteiger charge is -2.16. The Balaban J connectivity index is 3.04. The van der Waals surface area contributed by atoms with Crippen LogP contribution in [0.1, 0.15) is 18.6 Å². The van der Waals surface area contributed by atoms with E-state index < -0.39 is 22.1 Å². The SMILES string of the molecule is COc1ccccc1[C@@H](O)[C@H](C)[SH](=O)=O. The standard InChI is InChI=1S/C10H14O4S/c1-7(15(12)13)10(11)8-5-3-4-6-9(8)14-2/h3-7,10-11,15H,1-2H3/t7-,10-/m0/s1. The van der Waals surface area contributed by atoms with E-state index in [1.54, 1.807) is 24.3 Å². The topological polar surface area (TPSA) is 63.6 Å². The number of methoxy groups -OCH3 is 1. The molecule has 0 radical (unpaired) electrons. The summed E-state index contributed by atoms with van der Waals surface area (Å²) in [5, 5.41) is 8.98. The Morgan fingerprint density at radius 1 is 1.33 bits per heavy atom. The quantitative estimate of drug-likeness (QED) is 0.748. The number of aliphatic hydroxyl groups is 1. The number of hydrogen-bond acceptors (Lipinski definition) is 4. The van der Waals surface area contributed by atoms with Crippen molar-refractivity contribution in [3.8, 4) is 5.75 Å². The first kappa shape index (κ1) is 12.0. The summed E-state index contributed by atoms with van der Waals surface area (Å²) in [4.78, 5) is 0. The van der Waals surface area contributed by atoms with Crippen LogP contribution in [0.2, 0.25) is 0 Å². The van der Waals surface area contributed by atoms with E-state index in [0.29, 0.717) is 11.3 Å². The molecule has 5 heteroatoms. The first-order valence-electron chi connectivity index (χ1n) is 4.52. The monoisotopic (exact) mass is 230 g/mol. The highest BCUT2D eigenvalue weighted by Gasteiger charge is 2.21. The molecule has 84 valence electrons. The van der Waals surface area contributed by atoms with Crippen molar-refractivity contribution in [1.29, 1.82) is 0 Å². The first-order chi connectivity index (χ1) is 7.07. The molecular formula is C10H14O4S. The average molecular weight is 230 g/mol. The molecule has 0 fully saturated rings. The molecule has 0 aliphatic heterocycles. The zero-order valence-corrected chi connectivity index (χ0v) is 9.48. The van der Waals surface area contributed by atoms with Crippen molar-refractivity contribution in [2.45, 2.75) is 18.3 Å². The fourth-order valence-electron chi connectivity index (χ4n) is 1.29. The smallest absolute Gasteiger partial charge is 0.145 e. The van der Waals surface area contributed by atoms with Gasteiger partial charge in [-0.1, -0.05) is 18.2 Å². The van der Waals surface area contributed by atoms with Gasteiger partial charge in [-0.25, -0.2) is 8.42 Å². The summed E-state index contributed by atoms with van der Waals surface area (Å²) in [6.07, 6.45) is -1.05. The van der Waals surface area contributed by atoms with Gasteiger partial charge in [0.05, 0.1) is 18.5 Å². The Bertz CT molecular complexity index is 392. The molecular weight excluding hydrogens is 216 g/mol. The second-order valence-corrected chi connectivity index (χ2v) is 4.60. The minimum Gasteiger partial charge on any atom is -0.496 e. The van der Waals surface area contributed by atoms with E-state index in [4.69, 9.17) is 4.74 Å². The largest absolute Gasteiger partial charge is 0.496 e. The van der Waals surface area contributed by atoms with E-state index in [0.717, 1.165) is 0 Å². The molecule has 2 atom stereocenters. The summed E-state index contributed by atoms with van der Waals surface area (Å²) in [5.74, 6) is 0.494. The van der Waals surface area contributed by atoms with Crippen molar-refractivity contribution in [2.24, 2.45) is 0 Å². The van der Waals surface area contributed by atoms with Crippen LogP contribution in [0, 0.1) is 0 Å². The molecule has 1 aromatic carbocycles. The van der Waals surface area contributed by atoms with Gasteiger partial charge in [0.25, 0.3) is 0 Å². The van der Waals surface area contributed by atoms with Crippen molar-refractivity contribution in [3.63, 3.8) is 0 Å². The van der Waals surface area contributed by atoms with Gasteiger partial charge >= 0.3 is 0 Å². The molecule has 1 N–H and O–H groups in total. The fourth-order valence-corrected chi connectivity index (χ4v) is 1.68. The predicted octanol–water partition coefficient (Wildman–Crippen LogP) is 0.728. The summed E-state index contributed by atoms with van der Waals surface area (Å²) in [6.45, 7) is 1.46. The summed E-state index contributed by atoms with van der Waals surface area (Å²) < 4.78 is 26.5. The highest BCUT2D eigenvalue weighted by molar-refractivity contribution is 7.73. The van der Waals surface area contributed by atoms with Gasteiger partial charge in [-0.15, -0.1) is 0 Å². The molecule has 4 nitrogen and oxygen atoms in total.